The van der Waals surface area contributed by atoms with Gasteiger partial charge in [0.05, 0.1) is 18.3 Å². The Morgan fingerprint density at radius 3 is 3.00 bits per heavy atom. The Morgan fingerprint density at radius 1 is 1.40 bits per heavy atom. The normalized spacial score (nSPS) is 24.1. The number of ketones is 1. The van der Waals surface area contributed by atoms with Crippen LogP contribution in [-0.4, -0.2) is 46.6 Å². The lowest BCUT2D eigenvalue weighted by Crippen LogP contribution is -2.29. The van der Waals surface area contributed by atoms with Crippen LogP contribution in [0.3, 0.4) is 0 Å². The first-order valence-electron chi connectivity index (χ1n) is 7.60. The highest BCUT2D eigenvalue weighted by atomic mass is 16.5. The molecule has 1 unspecified atom stereocenters. The molecule has 1 aromatic rings. The zero-order valence-electron chi connectivity index (χ0n) is 11.8. The molecule has 2 aliphatic heterocycles. The summed E-state index contributed by atoms with van der Waals surface area (Å²) in [5.74, 6) is 0.0840. The van der Waals surface area contributed by atoms with Crippen LogP contribution in [0.5, 0.6) is 0 Å². The van der Waals surface area contributed by atoms with Gasteiger partial charge in [0.25, 0.3) is 0 Å². The van der Waals surface area contributed by atoms with E-state index in [1.807, 2.05) is 10.9 Å². The summed E-state index contributed by atoms with van der Waals surface area (Å²) in [5, 5.41) is 11.5. The van der Waals surface area contributed by atoms with E-state index in [-0.39, 0.29) is 11.9 Å². The number of aromatic nitrogens is 3. The van der Waals surface area contributed by atoms with Crippen molar-refractivity contribution in [2.24, 2.45) is 0 Å². The second-order valence-corrected chi connectivity index (χ2v) is 5.66. The molecule has 110 valence electrons. The summed E-state index contributed by atoms with van der Waals surface area (Å²) < 4.78 is 7.40. The van der Waals surface area contributed by atoms with Crippen LogP contribution in [0.25, 0.3) is 0 Å². The molecule has 0 saturated carbocycles. The number of nitrogens with one attached hydrogen (secondary N) is 1. The fourth-order valence-corrected chi connectivity index (χ4v) is 2.95. The highest BCUT2D eigenvalue weighted by Crippen LogP contribution is 2.19. The number of rotatable bonds is 5. The van der Waals surface area contributed by atoms with Crippen molar-refractivity contribution < 1.29 is 9.53 Å². The fourth-order valence-electron chi connectivity index (χ4n) is 2.95. The fraction of sp³-hybridized carbons (Fsp3) is 0.786. The molecule has 3 rings (SSSR count). The van der Waals surface area contributed by atoms with Gasteiger partial charge in [-0.05, 0) is 45.2 Å². The van der Waals surface area contributed by atoms with Crippen molar-refractivity contribution in [2.45, 2.75) is 50.7 Å². The Balaban J connectivity index is 1.53. The van der Waals surface area contributed by atoms with E-state index >= 15 is 0 Å². The maximum atomic E-state index is 12.1. The molecule has 6 nitrogen and oxygen atoms in total. The van der Waals surface area contributed by atoms with Crippen molar-refractivity contribution in [3.05, 3.63) is 11.9 Å². The Hall–Kier alpha value is -1.27. The minimum absolute atomic E-state index is 0.0840. The van der Waals surface area contributed by atoms with E-state index in [1.165, 1.54) is 0 Å². The summed E-state index contributed by atoms with van der Waals surface area (Å²) >= 11 is 0. The third-order valence-corrected chi connectivity index (χ3v) is 4.20. The topological polar surface area (TPSA) is 69.0 Å². The van der Waals surface area contributed by atoms with Gasteiger partial charge >= 0.3 is 0 Å². The summed E-state index contributed by atoms with van der Waals surface area (Å²) in [6, 6.07) is 0.378. The predicted molar refractivity (Wildman–Crippen MR) is 73.7 cm³/mol. The van der Waals surface area contributed by atoms with Crippen molar-refractivity contribution in [1.82, 2.24) is 20.3 Å². The molecule has 1 aromatic heterocycles. The zero-order chi connectivity index (χ0) is 13.8. The smallest absolute Gasteiger partial charge is 0.184 e. The van der Waals surface area contributed by atoms with Gasteiger partial charge in [-0.15, -0.1) is 5.10 Å². The minimum Gasteiger partial charge on any atom is -0.378 e. The summed E-state index contributed by atoms with van der Waals surface area (Å²) in [7, 11) is 0. The maximum absolute atomic E-state index is 12.1. The third kappa shape index (κ3) is 3.24. The van der Waals surface area contributed by atoms with Crippen molar-refractivity contribution in [1.29, 1.82) is 0 Å². The third-order valence-electron chi connectivity index (χ3n) is 4.20. The first-order valence-corrected chi connectivity index (χ1v) is 7.60. The highest BCUT2D eigenvalue weighted by Gasteiger charge is 2.21. The number of piperidine rings is 1. The predicted octanol–water partition coefficient (Wildman–Crippen LogP) is 1.34. The monoisotopic (exact) mass is 278 g/mol. The number of ether oxygens (including phenoxy) is 1. The van der Waals surface area contributed by atoms with E-state index in [0.29, 0.717) is 18.2 Å². The lowest BCUT2D eigenvalue weighted by atomic mass is 10.1. The van der Waals surface area contributed by atoms with Crippen LogP contribution in [0.2, 0.25) is 0 Å². The number of hydrogen-bond donors (Lipinski definition) is 1. The number of carbonyl (C=O) groups is 1. The molecule has 0 amide bonds. The van der Waals surface area contributed by atoms with Crippen molar-refractivity contribution >= 4 is 5.78 Å². The van der Waals surface area contributed by atoms with E-state index in [0.717, 1.165) is 51.8 Å². The lowest BCUT2D eigenvalue weighted by molar-refractivity contribution is 0.0856. The van der Waals surface area contributed by atoms with Crippen molar-refractivity contribution in [3.8, 4) is 0 Å². The van der Waals surface area contributed by atoms with Crippen LogP contribution >= 0.6 is 0 Å². The number of nitrogens with zero attached hydrogens (tertiary/aromatic N) is 3. The van der Waals surface area contributed by atoms with Gasteiger partial charge in [0, 0.05) is 13.0 Å². The van der Waals surface area contributed by atoms with E-state index in [2.05, 4.69) is 15.6 Å². The highest BCUT2D eigenvalue weighted by molar-refractivity contribution is 5.93. The van der Waals surface area contributed by atoms with Crippen LogP contribution in [0.1, 0.15) is 55.1 Å². The zero-order valence-corrected chi connectivity index (χ0v) is 11.8. The molecular weight excluding hydrogens is 256 g/mol. The van der Waals surface area contributed by atoms with Crippen LogP contribution in [-0.2, 0) is 4.74 Å². The van der Waals surface area contributed by atoms with Gasteiger partial charge < -0.3 is 10.1 Å². The van der Waals surface area contributed by atoms with Gasteiger partial charge in [-0.3, -0.25) is 4.79 Å². The lowest BCUT2D eigenvalue weighted by Gasteiger charge is -2.22. The first-order chi connectivity index (χ1) is 9.83. The van der Waals surface area contributed by atoms with Gasteiger partial charge in [0.15, 0.2) is 5.78 Å². The van der Waals surface area contributed by atoms with E-state index < -0.39 is 0 Å². The minimum atomic E-state index is 0.0840. The molecule has 0 bridgehead atoms. The molecule has 0 aliphatic carbocycles. The first kappa shape index (κ1) is 13.7. The number of carbonyl (C=O) groups excluding carboxylic acids is 1. The van der Waals surface area contributed by atoms with E-state index in [4.69, 9.17) is 4.74 Å². The molecule has 3 heterocycles. The molecule has 1 N–H and O–H groups in total. The molecular formula is C14H22N4O2. The molecule has 20 heavy (non-hydrogen) atoms. The Kier molecular flexibility index (Phi) is 4.42. The summed E-state index contributed by atoms with van der Waals surface area (Å²) in [6.45, 7) is 2.85. The Bertz CT molecular complexity index is 448. The number of hydrogen-bond acceptors (Lipinski definition) is 5. The quantitative estimate of drug-likeness (QED) is 0.823. The van der Waals surface area contributed by atoms with Gasteiger partial charge in [-0.25, -0.2) is 4.68 Å². The molecule has 6 heteroatoms. The van der Waals surface area contributed by atoms with Gasteiger partial charge in [0.1, 0.15) is 5.69 Å². The van der Waals surface area contributed by atoms with Crippen LogP contribution in [0, 0.1) is 0 Å². The van der Waals surface area contributed by atoms with Gasteiger partial charge in [0.2, 0.25) is 0 Å². The summed E-state index contributed by atoms with van der Waals surface area (Å²) in [4.78, 5) is 12.1. The van der Waals surface area contributed by atoms with Gasteiger partial charge in [-0.2, -0.15) is 0 Å². The van der Waals surface area contributed by atoms with E-state index in [9.17, 15) is 4.79 Å². The Morgan fingerprint density at radius 2 is 2.25 bits per heavy atom. The van der Waals surface area contributed by atoms with E-state index in [1.54, 1.807) is 0 Å². The molecule has 2 saturated heterocycles. The molecule has 0 radical (unpaired) electrons. The molecule has 1 atom stereocenters. The molecule has 2 aliphatic rings. The molecule has 2 fully saturated rings. The second kappa shape index (κ2) is 6.45. The van der Waals surface area contributed by atoms with Crippen LogP contribution < -0.4 is 5.32 Å². The number of Topliss-reactive ketones (excluding diaryl/α,β-unsaturated/α-hetero) is 1. The van der Waals surface area contributed by atoms with Crippen LogP contribution in [0.15, 0.2) is 6.20 Å². The van der Waals surface area contributed by atoms with Gasteiger partial charge in [-0.1, -0.05) is 5.21 Å². The second-order valence-electron chi connectivity index (χ2n) is 5.66. The average Bonchev–Trinajstić information content (AvgIpc) is 3.17. The van der Waals surface area contributed by atoms with Crippen molar-refractivity contribution in [3.63, 3.8) is 0 Å². The molecule has 0 spiro atoms. The average molecular weight is 278 g/mol. The summed E-state index contributed by atoms with van der Waals surface area (Å²) in [6.07, 6.45) is 7.68. The van der Waals surface area contributed by atoms with Crippen LogP contribution in [0.4, 0.5) is 0 Å². The molecule has 0 aromatic carbocycles. The maximum Gasteiger partial charge on any atom is 0.184 e. The largest absolute Gasteiger partial charge is 0.378 e. The standard InChI is InChI=1S/C14H22N4O2/c19-14(4-3-12-2-1-9-20-12)13-10-18(17-16-13)11-5-7-15-8-6-11/h10-12,15H,1-9H2. The summed E-state index contributed by atoms with van der Waals surface area (Å²) in [5.41, 5.74) is 0.501. The Labute approximate surface area is 118 Å². The van der Waals surface area contributed by atoms with Crippen molar-refractivity contribution in [2.75, 3.05) is 19.7 Å². The SMILES string of the molecule is O=C(CCC1CCCO1)c1cn(C2CCNCC2)nn1.